The lowest BCUT2D eigenvalue weighted by atomic mass is 10.0. The molecule has 7 nitrogen and oxygen atoms in total. The van der Waals surface area contributed by atoms with Crippen molar-refractivity contribution in [3.8, 4) is 11.1 Å². The summed E-state index contributed by atoms with van der Waals surface area (Å²) in [6.45, 7) is 3.88. The molecule has 0 radical (unpaired) electrons. The molecule has 1 saturated heterocycles. The number of benzene rings is 2. The van der Waals surface area contributed by atoms with Crippen LogP contribution in [0.5, 0.6) is 0 Å². The van der Waals surface area contributed by atoms with E-state index in [4.69, 9.17) is 5.10 Å². The lowest BCUT2D eigenvalue weighted by Crippen LogP contribution is -2.57. The van der Waals surface area contributed by atoms with Gasteiger partial charge in [-0.15, -0.1) is 0 Å². The fourth-order valence-corrected chi connectivity index (χ4v) is 4.16. The van der Waals surface area contributed by atoms with Crippen molar-refractivity contribution in [2.75, 3.05) is 5.32 Å². The normalized spacial score (nSPS) is 22.6. The standard InChI is InChI=1S/C26H29N5O2/c1-16-17(2)27-26(29-25(16)33)31-23(15-22(30-31)21-12-13-21)28-24(32)14-18-8-10-20(11-9-18)19-6-4-3-5-7-19/h3-11,15-17,21,26-27H,12-14H2,1-2H3,(H,28,32)(H,29,33). The maximum Gasteiger partial charge on any atom is 0.229 e. The van der Waals surface area contributed by atoms with Crippen LogP contribution >= 0.6 is 0 Å². The summed E-state index contributed by atoms with van der Waals surface area (Å²) in [5.41, 5.74) is 4.16. The first-order valence-electron chi connectivity index (χ1n) is 11.6. The molecule has 1 aliphatic heterocycles. The summed E-state index contributed by atoms with van der Waals surface area (Å²) in [5, 5.41) is 14.1. The van der Waals surface area contributed by atoms with Gasteiger partial charge in [0.2, 0.25) is 11.8 Å². The topological polar surface area (TPSA) is 88.1 Å². The first kappa shape index (κ1) is 21.4. The zero-order valence-corrected chi connectivity index (χ0v) is 18.9. The molecule has 2 fully saturated rings. The zero-order chi connectivity index (χ0) is 22.9. The summed E-state index contributed by atoms with van der Waals surface area (Å²) in [6.07, 6.45) is 1.99. The second-order valence-electron chi connectivity index (χ2n) is 9.12. The summed E-state index contributed by atoms with van der Waals surface area (Å²) < 4.78 is 1.70. The van der Waals surface area contributed by atoms with Crippen LogP contribution in [0.25, 0.3) is 11.1 Å². The van der Waals surface area contributed by atoms with Crippen molar-refractivity contribution < 1.29 is 9.59 Å². The molecule has 1 saturated carbocycles. The van der Waals surface area contributed by atoms with Crippen molar-refractivity contribution in [3.63, 3.8) is 0 Å². The molecule has 3 atom stereocenters. The van der Waals surface area contributed by atoms with Gasteiger partial charge in [-0.25, -0.2) is 4.68 Å². The molecule has 0 bridgehead atoms. The highest BCUT2D eigenvalue weighted by atomic mass is 16.2. The summed E-state index contributed by atoms with van der Waals surface area (Å²) in [7, 11) is 0. The molecule has 7 heteroatoms. The van der Waals surface area contributed by atoms with Gasteiger partial charge in [0.25, 0.3) is 0 Å². The minimum atomic E-state index is -0.489. The van der Waals surface area contributed by atoms with E-state index >= 15 is 0 Å². The minimum Gasteiger partial charge on any atom is -0.322 e. The Bertz CT molecular complexity index is 1150. The zero-order valence-electron chi connectivity index (χ0n) is 18.9. The number of nitrogens with one attached hydrogen (secondary N) is 3. The maximum atomic E-state index is 12.9. The van der Waals surface area contributed by atoms with Crippen LogP contribution in [0.15, 0.2) is 60.7 Å². The highest BCUT2D eigenvalue weighted by molar-refractivity contribution is 5.91. The van der Waals surface area contributed by atoms with E-state index in [0.717, 1.165) is 35.2 Å². The average Bonchev–Trinajstić information content (AvgIpc) is 3.59. The molecule has 170 valence electrons. The Labute approximate surface area is 193 Å². The van der Waals surface area contributed by atoms with Crippen molar-refractivity contribution in [3.05, 3.63) is 71.9 Å². The van der Waals surface area contributed by atoms with Gasteiger partial charge in [0, 0.05) is 18.0 Å². The van der Waals surface area contributed by atoms with Crippen LogP contribution in [-0.2, 0) is 16.0 Å². The molecule has 0 spiro atoms. The quantitative estimate of drug-likeness (QED) is 0.541. The lowest BCUT2D eigenvalue weighted by molar-refractivity contribution is -0.130. The van der Waals surface area contributed by atoms with Crippen LogP contribution in [0.4, 0.5) is 5.82 Å². The average molecular weight is 444 g/mol. The molecule has 3 unspecified atom stereocenters. The van der Waals surface area contributed by atoms with Crippen molar-refractivity contribution in [1.29, 1.82) is 0 Å². The fraction of sp³-hybridized carbons (Fsp3) is 0.346. The van der Waals surface area contributed by atoms with Crippen molar-refractivity contribution in [2.45, 2.75) is 51.4 Å². The molecule has 1 aliphatic carbocycles. The number of aromatic nitrogens is 2. The number of rotatable bonds is 6. The number of hydrogen-bond donors (Lipinski definition) is 3. The van der Waals surface area contributed by atoms with E-state index < -0.39 is 6.29 Å². The van der Waals surface area contributed by atoms with E-state index in [2.05, 4.69) is 28.1 Å². The third-order valence-corrected chi connectivity index (χ3v) is 6.55. The number of amides is 2. The Hall–Kier alpha value is -3.45. The highest BCUT2D eigenvalue weighted by Crippen LogP contribution is 2.40. The van der Waals surface area contributed by atoms with Crippen LogP contribution in [0.1, 0.15) is 50.2 Å². The van der Waals surface area contributed by atoms with Gasteiger partial charge in [0.05, 0.1) is 18.0 Å². The molecule has 1 aromatic heterocycles. The number of hydrogen-bond acceptors (Lipinski definition) is 4. The van der Waals surface area contributed by atoms with Gasteiger partial charge in [-0.2, -0.15) is 5.10 Å². The largest absolute Gasteiger partial charge is 0.322 e. The molecule has 3 N–H and O–H groups in total. The molecule has 2 amide bonds. The molecular weight excluding hydrogens is 414 g/mol. The SMILES string of the molecule is CC1NC(n2nc(C3CC3)cc2NC(=O)Cc2ccc(-c3ccccc3)cc2)NC(=O)C1C. The second-order valence-corrected chi connectivity index (χ2v) is 9.12. The Morgan fingerprint density at radius 2 is 1.76 bits per heavy atom. The van der Waals surface area contributed by atoms with Gasteiger partial charge in [-0.1, -0.05) is 61.5 Å². The Morgan fingerprint density at radius 3 is 2.42 bits per heavy atom. The number of carbonyl (C=O) groups excluding carboxylic acids is 2. The van der Waals surface area contributed by atoms with Gasteiger partial charge in [0.1, 0.15) is 5.82 Å². The predicted octanol–water partition coefficient (Wildman–Crippen LogP) is 3.81. The molecule has 2 aromatic carbocycles. The third kappa shape index (κ3) is 4.68. The monoisotopic (exact) mass is 443 g/mol. The van der Waals surface area contributed by atoms with Gasteiger partial charge in [0.15, 0.2) is 6.29 Å². The Kier molecular flexibility index (Phi) is 5.72. The number of anilines is 1. The molecule has 2 aliphatic rings. The maximum absolute atomic E-state index is 12.9. The van der Waals surface area contributed by atoms with E-state index in [-0.39, 0.29) is 30.2 Å². The summed E-state index contributed by atoms with van der Waals surface area (Å²) in [6, 6.07) is 20.2. The van der Waals surface area contributed by atoms with Gasteiger partial charge < -0.3 is 10.6 Å². The minimum absolute atomic E-state index is 0.00371. The van der Waals surface area contributed by atoms with Crippen LogP contribution in [-0.4, -0.2) is 27.6 Å². The number of carbonyl (C=O) groups is 2. The van der Waals surface area contributed by atoms with Gasteiger partial charge >= 0.3 is 0 Å². The van der Waals surface area contributed by atoms with Gasteiger partial charge in [-0.3, -0.25) is 14.9 Å². The van der Waals surface area contributed by atoms with E-state index in [0.29, 0.717) is 11.7 Å². The summed E-state index contributed by atoms with van der Waals surface area (Å²) in [4.78, 5) is 25.3. The van der Waals surface area contributed by atoms with E-state index in [1.165, 1.54) is 0 Å². The van der Waals surface area contributed by atoms with E-state index in [9.17, 15) is 9.59 Å². The highest BCUT2D eigenvalue weighted by Gasteiger charge is 2.34. The van der Waals surface area contributed by atoms with Crippen molar-refractivity contribution >= 4 is 17.6 Å². The summed E-state index contributed by atoms with van der Waals surface area (Å²) in [5.74, 6) is 0.766. The predicted molar refractivity (Wildman–Crippen MR) is 127 cm³/mol. The first-order valence-corrected chi connectivity index (χ1v) is 11.6. The van der Waals surface area contributed by atoms with Crippen LogP contribution in [0.2, 0.25) is 0 Å². The summed E-state index contributed by atoms with van der Waals surface area (Å²) >= 11 is 0. The van der Waals surface area contributed by atoms with Crippen LogP contribution in [0.3, 0.4) is 0 Å². The molecule has 5 rings (SSSR count). The van der Waals surface area contributed by atoms with Crippen molar-refractivity contribution in [2.24, 2.45) is 5.92 Å². The molecular formula is C26H29N5O2. The number of nitrogens with zero attached hydrogens (tertiary/aromatic N) is 2. The van der Waals surface area contributed by atoms with Crippen LogP contribution < -0.4 is 16.0 Å². The molecule has 33 heavy (non-hydrogen) atoms. The second kappa shape index (κ2) is 8.83. The van der Waals surface area contributed by atoms with Crippen molar-refractivity contribution in [1.82, 2.24) is 20.4 Å². The molecule has 2 heterocycles. The fourth-order valence-electron chi connectivity index (χ4n) is 4.16. The lowest BCUT2D eigenvalue weighted by Gasteiger charge is -2.34. The van der Waals surface area contributed by atoms with E-state index in [1.54, 1.807) is 4.68 Å². The van der Waals surface area contributed by atoms with E-state index in [1.807, 2.05) is 62.4 Å². The Balaban J connectivity index is 1.30. The van der Waals surface area contributed by atoms with Gasteiger partial charge in [-0.05, 0) is 36.5 Å². The first-order chi connectivity index (χ1) is 16.0. The third-order valence-electron chi connectivity index (χ3n) is 6.55. The molecule has 3 aromatic rings. The Morgan fingerprint density at radius 1 is 1.06 bits per heavy atom. The van der Waals surface area contributed by atoms with Crippen LogP contribution in [0, 0.1) is 5.92 Å². The smallest absolute Gasteiger partial charge is 0.229 e.